The minimum absolute atomic E-state index is 0.288. The minimum atomic E-state index is -0.309. The van der Waals surface area contributed by atoms with Crippen LogP contribution in [-0.4, -0.2) is 20.9 Å². The second-order valence-electron chi connectivity index (χ2n) is 6.46. The maximum atomic E-state index is 12.8. The molecule has 0 unspecified atom stereocenters. The monoisotopic (exact) mass is 369 g/mol. The Bertz CT molecular complexity index is 1170. The van der Waals surface area contributed by atoms with E-state index in [4.69, 9.17) is 0 Å². The van der Waals surface area contributed by atoms with Gasteiger partial charge in [-0.2, -0.15) is 0 Å². The molecule has 0 bridgehead atoms. The first-order chi connectivity index (χ1) is 13.6. The smallest absolute Gasteiger partial charge is 0.274 e. The molecule has 0 aliphatic rings. The number of carbonyl (C=O) groups excluding carboxylic acids is 1. The van der Waals surface area contributed by atoms with Crippen LogP contribution in [0.1, 0.15) is 21.9 Å². The zero-order valence-electron chi connectivity index (χ0n) is 15.6. The highest BCUT2D eigenvalue weighted by Gasteiger charge is 2.13. The summed E-state index contributed by atoms with van der Waals surface area (Å²) in [5, 5.41) is 7.13. The van der Waals surface area contributed by atoms with Gasteiger partial charge in [0.1, 0.15) is 17.3 Å². The first kappa shape index (κ1) is 17.6. The molecule has 28 heavy (non-hydrogen) atoms. The number of nitrogens with zero attached hydrogens (tertiary/aromatic N) is 3. The number of aromatic nitrogens is 3. The second kappa shape index (κ2) is 7.44. The van der Waals surface area contributed by atoms with Crippen LogP contribution >= 0.6 is 0 Å². The fraction of sp³-hybridized carbons (Fsp3) is 0.0909. The van der Waals surface area contributed by atoms with Gasteiger partial charge in [-0.05, 0) is 37.6 Å². The van der Waals surface area contributed by atoms with Crippen molar-refractivity contribution in [2.45, 2.75) is 13.8 Å². The minimum Gasteiger partial charge on any atom is -0.340 e. The molecule has 0 atom stereocenters. The van der Waals surface area contributed by atoms with E-state index in [1.807, 2.05) is 61.5 Å². The van der Waals surface area contributed by atoms with E-state index in [0.717, 1.165) is 22.2 Å². The van der Waals surface area contributed by atoms with Crippen molar-refractivity contribution in [1.82, 2.24) is 15.0 Å². The van der Waals surface area contributed by atoms with Crippen molar-refractivity contribution in [2.75, 3.05) is 10.6 Å². The van der Waals surface area contributed by atoms with E-state index in [0.29, 0.717) is 17.3 Å². The molecule has 4 rings (SSSR count). The van der Waals surface area contributed by atoms with E-state index < -0.39 is 0 Å². The molecule has 0 spiro atoms. The Kier molecular flexibility index (Phi) is 4.68. The molecule has 2 heterocycles. The van der Waals surface area contributed by atoms with E-state index in [2.05, 4.69) is 25.6 Å². The zero-order chi connectivity index (χ0) is 19.5. The molecule has 1 amide bonds. The number of benzene rings is 2. The number of pyridine rings is 1. The Morgan fingerprint density at radius 3 is 2.54 bits per heavy atom. The quantitative estimate of drug-likeness (QED) is 0.548. The number of rotatable bonds is 4. The molecule has 2 aromatic heterocycles. The van der Waals surface area contributed by atoms with Crippen molar-refractivity contribution in [3.8, 4) is 0 Å². The van der Waals surface area contributed by atoms with Crippen LogP contribution in [0.3, 0.4) is 0 Å². The molecule has 0 aliphatic heterocycles. The van der Waals surface area contributed by atoms with Gasteiger partial charge in [0, 0.05) is 23.3 Å². The largest absolute Gasteiger partial charge is 0.340 e. The highest BCUT2D eigenvalue weighted by Crippen LogP contribution is 2.22. The lowest BCUT2D eigenvalue weighted by Gasteiger charge is -2.11. The van der Waals surface area contributed by atoms with Crippen LogP contribution in [-0.2, 0) is 0 Å². The third kappa shape index (κ3) is 3.66. The molecule has 138 valence electrons. The Balaban J connectivity index is 1.62. The van der Waals surface area contributed by atoms with Gasteiger partial charge in [-0.1, -0.05) is 36.4 Å². The highest BCUT2D eigenvalue weighted by molar-refractivity contribution is 6.07. The zero-order valence-corrected chi connectivity index (χ0v) is 15.6. The predicted molar refractivity (Wildman–Crippen MR) is 111 cm³/mol. The summed E-state index contributed by atoms with van der Waals surface area (Å²) in [6, 6.07) is 19.0. The lowest BCUT2D eigenvalue weighted by Crippen LogP contribution is -2.15. The van der Waals surface area contributed by atoms with Crippen LogP contribution in [0.15, 0.2) is 66.9 Å². The number of aryl methyl sites for hydroxylation is 2. The Morgan fingerprint density at radius 1 is 0.893 bits per heavy atom. The maximum Gasteiger partial charge on any atom is 0.274 e. The summed E-state index contributed by atoms with van der Waals surface area (Å²) >= 11 is 0. The van der Waals surface area contributed by atoms with Gasteiger partial charge >= 0.3 is 0 Å². The van der Waals surface area contributed by atoms with Crippen molar-refractivity contribution in [2.24, 2.45) is 0 Å². The summed E-state index contributed by atoms with van der Waals surface area (Å²) in [6.45, 7) is 3.77. The Hall–Kier alpha value is -3.80. The number of nitrogens with one attached hydrogen (secondary N) is 2. The van der Waals surface area contributed by atoms with Gasteiger partial charge in [-0.25, -0.2) is 9.97 Å². The van der Waals surface area contributed by atoms with E-state index >= 15 is 0 Å². The molecule has 6 nitrogen and oxygen atoms in total. The fourth-order valence-corrected chi connectivity index (χ4v) is 2.99. The second-order valence-corrected chi connectivity index (χ2v) is 6.46. The van der Waals surface area contributed by atoms with Gasteiger partial charge in [-0.15, -0.1) is 0 Å². The van der Waals surface area contributed by atoms with E-state index in [-0.39, 0.29) is 11.6 Å². The Labute approximate surface area is 162 Å². The van der Waals surface area contributed by atoms with Crippen LogP contribution in [0.25, 0.3) is 10.9 Å². The van der Waals surface area contributed by atoms with E-state index in [1.54, 1.807) is 19.2 Å². The van der Waals surface area contributed by atoms with E-state index in [9.17, 15) is 4.79 Å². The summed E-state index contributed by atoms with van der Waals surface area (Å²) < 4.78 is 0. The lowest BCUT2D eigenvalue weighted by molar-refractivity contribution is 0.102. The number of amides is 1. The average molecular weight is 369 g/mol. The summed E-state index contributed by atoms with van der Waals surface area (Å²) in [5.41, 5.74) is 3.70. The molecule has 2 aromatic carbocycles. The van der Waals surface area contributed by atoms with Crippen LogP contribution < -0.4 is 10.6 Å². The molecule has 2 N–H and O–H groups in total. The third-order valence-electron chi connectivity index (χ3n) is 4.36. The normalized spacial score (nSPS) is 10.6. The summed E-state index contributed by atoms with van der Waals surface area (Å²) in [7, 11) is 0. The first-order valence-corrected chi connectivity index (χ1v) is 8.93. The van der Waals surface area contributed by atoms with Gasteiger partial charge < -0.3 is 10.6 Å². The summed E-state index contributed by atoms with van der Waals surface area (Å²) in [5.74, 6) is 0.777. The number of carbonyl (C=O) groups is 1. The topological polar surface area (TPSA) is 79.8 Å². The van der Waals surface area contributed by atoms with Crippen LogP contribution in [0.5, 0.6) is 0 Å². The number of anilines is 3. The molecule has 0 saturated heterocycles. The number of hydrogen-bond acceptors (Lipinski definition) is 5. The number of para-hydroxylation sites is 2. The molecule has 6 heteroatoms. The van der Waals surface area contributed by atoms with Gasteiger partial charge in [0.2, 0.25) is 0 Å². The molecular weight excluding hydrogens is 350 g/mol. The third-order valence-corrected chi connectivity index (χ3v) is 4.36. The Morgan fingerprint density at radius 2 is 1.68 bits per heavy atom. The number of hydrogen-bond donors (Lipinski definition) is 2. The van der Waals surface area contributed by atoms with Gasteiger partial charge in [-0.3, -0.25) is 9.78 Å². The van der Waals surface area contributed by atoms with Gasteiger partial charge in [0.15, 0.2) is 0 Å². The van der Waals surface area contributed by atoms with Crippen molar-refractivity contribution in [3.05, 3.63) is 83.9 Å². The predicted octanol–water partition coefficient (Wildman–Crippen LogP) is 4.64. The summed E-state index contributed by atoms with van der Waals surface area (Å²) in [4.78, 5) is 25.9. The van der Waals surface area contributed by atoms with Gasteiger partial charge in [0.05, 0.1) is 11.2 Å². The highest BCUT2D eigenvalue weighted by atomic mass is 16.1. The molecular formula is C22H19N5O. The van der Waals surface area contributed by atoms with Crippen molar-refractivity contribution in [3.63, 3.8) is 0 Å². The summed E-state index contributed by atoms with van der Waals surface area (Å²) in [6.07, 6.45) is 1.71. The van der Waals surface area contributed by atoms with Crippen molar-refractivity contribution >= 4 is 34.0 Å². The molecule has 0 saturated carbocycles. The molecule has 0 radical (unpaired) electrons. The van der Waals surface area contributed by atoms with Gasteiger partial charge in [0.25, 0.3) is 5.91 Å². The van der Waals surface area contributed by atoms with Crippen molar-refractivity contribution in [1.29, 1.82) is 0 Å². The molecule has 0 fully saturated rings. The maximum absolute atomic E-state index is 12.8. The molecule has 4 aromatic rings. The van der Waals surface area contributed by atoms with Crippen LogP contribution in [0, 0.1) is 13.8 Å². The average Bonchev–Trinajstić information content (AvgIpc) is 2.69. The fourth-order valence-electron chi connectivity index (χ4n) is 2.99. The van der Waals surface area contributed by atoms with Crippen molar-refractivity contribution < 1.29 is 4.79 Å². The molecule has 0 aliphatic carbocycles. The van der Waals surface area contributed by atoms with E-state index in [1.165, 1.54) is 0 Å². The number of fused-ring (bicyclic) bond motifs is 1. The lowest BCUT2D eigenvalue weighted by atomic mass is 10.2. The van der Waals surface area contributed by atoms with Crippen LogP contribution in [0.4, 0.5) is 17.2 Å². The SMILES string of the molecule is Cc1nc(Nc2ccccc2C)cc(C(=O)Nc2cccc3cccnc23)n1. The standard InChI is InChI=1S/C22H19N5O/c1-14-7-3-4-10-17(14)26-20-13-19(24-15(2)25-20)22(28)27-18-11-5-8-16-9-6-12-23-21(16)18/h3-13H,1-2H3,(H,27,28)(H,24,25,26). The first-order valence-electron chi connectivity index (χ1n) is 8.93. The van der Waals surface area contributed by atoms with Crippen LogP contribution in [0.2, 0.25) is 0 Å².